The fourth-order valence-corrected chi connectivity index (χ4v) is 4.12. The number of nitrogens with one attached hydrogen (secondary N) is 1. The first-order valence-corrected chi connectivity index (χ1v) is 8.39. The molecule has 1 aromatic rings. The lowest BCUT2D eigenvalue weighted by Gasteiger charge is -2.38. The molecule has 1 aromatic carbocycles. The van der Waals surface area contributed by atoms with Crippen LogP contribution < -0.4 is 5.32 Å². The van der Waals surface area contributed by atoms with Crippen molar-refractivity contribution in [2.45, 2.75) is 29.8 Å². The lowest BCUT2D eigenvalue weighted by Crippen LogP contribution is -2.51. The standard InChI is InChI=1S/C14H19FN2O4S/c1-16-13(18)9-14(19)7-2-8-17(10-14)22(20,21)12-5-3-11(15)4-6-12/h3-6,19H,2,7-10H2,1H3,(H,16,18). The third kappa shape index (κ3) is 3.63. The van der Waals surface area contributed by atoms with Crippen molar-refractivity contribution in [1.82, 2.24) is 9.62 Å². The van der Waals surface area contributed by atoms with Crippen LogP contribution in [0.2, 0.25) is 0 Å². The second kappa shape index (κ2) is 6.31. The smallest absolute Gasteiger partial charge is 0.243 e. The minimum absolute atomic E-state index is 0.0295. The summed E-state index contributed by atoms with van der Waals surface area (Å²) in [5.74, 6) is -0.864. The SMILES string of the molecule is CNC(=O)CC1(O)CCCN(S(=O)(=O)c2ccc(F)cc2)C1. The van der Waals surface area contributed by atoms with Crippen LogP contribution in [-0.4, -0.2) is 49.5 Å². The quantitative estimate of drug-likeness (QED) is 0.840. The van der Waals surface area contributed by atoms with Crippen LogP contribution in [-0.2, 0) is 14.8 Å². The van der Waals surface area contributed by atoms with Gasteiger partial charge in [-0.05, 0) is 37.1 Å². The van der Waals surface area contributed by atoms with Gasteiger partial charge in [0.2, 0.25) is 15.9 Å². The molecule has 1 aliphatic rings. The van der Waals surface area contributed by atoms with E-state index in [4.69, 9.17) is 0 Å². The maximum absolute atomic E-state index is 12.9. The number of carbonyl (C=O) groups is 1. The minimum Gasteiger partial charge on any atom is -0.388 e. The monoisotopic (exact) mass is 330 g/mol. The largest absolute Gasteiger partial charge is 0.388 e. The highest BCUT2D eigenvalue weighted by atomic mass is 32.2. The van der Waals surface area contributed by atoms with Gasteiger partial charge >= 0.3 is 0 Å². The van der Waals surface area contributed by atoms with E-state index in [1.165, 1.54) is 19.2 Å². The average molecular weight is 330 g/mol. The first-order chi connectivity index (χ1) is 10.3. The molecule has 1 aliphatic heterocycles. The summed E-state index contributed by atoms with van der Waals surface area (Å²) in [4.78, 5) is 11.4. The molecule has 0 aromatic heterocycles. The Kier molecular flexibility index (Phi) is 4.84. The van der Waals surface area contributed by atoms with Crippen LogP contribution >= 0.6 is 0 Å². The van der Waals surface area contributed by atoms with Crippen LogP contribution in [0.25, 0.3) is 0 Å². The van der Waals surface area contributed by atoms with Crippen molar-refractivity contribution in [3.05, 3.63) is 30.1 Å². The lowest BCUT2D eigenvalue weighted by atomic mass is 9.90. The van der Waals surface area contributed by atoms with E-state index in [9.17, 15) is 22.7 Å². The Balaban J connectivity index is 2.21. The van der Waals surface area contributed by atoms with Crippen molar-refractivity contribution in [2.24, 2.45) is 0 Å². The summed E-state index contributed by atoms with van der Waals surface area (Å²) in [7, 11) is -2.36. The molecule has 1 unspecified atom stereocenters. The molecule has 1 amide bonds. The van der Waals surface area contributed by atoms with E-state index in [-0.39, 0.29) is 30.3 Å². The Labute approximate surface area is 129 Å². The van der Waals surface area contributed by atoms with Crippen molar-refractivity contribution in [1.29, 1.82) is 0 Å². The van der Waals surface area contributed by atoms with Gasteiger partial charge in [-0.25, -0.2) is 12.8 Å². The fraction of sp³-hybridized carbons (Fsp3) is 0.500. The highest BCUT2D eigenvalue weighted by Crippen LogP contribution is 2.28. The molecule has 0 radical (unpaired) electrons. The number of hydrogen-bond acceptors (Lipinski definition) is 4. The lowest BCUT2D eigenvalue weighted by molar-refractivity contribution is -0.127. The summed E-state index contributed by atoms with van der Waals surface area (Å²) in [5, 5.41) is 12.9. The molecule has 0 spiro atoms. The average Bonchev–Trinajstić information content (AvgIpc) is 2.47. The molecule has 1 saturated heterocycles. The Morgan fingerprint density at radius 2 is 2.05 bits per heavy atom. The van der Waals surface area contributed by atoms with Crippen molar-refractivity contribution in [2.75, 3.05) is 20.1 Å². The van der Waals surface area contributed by atoms with Crippen LogP contribution in [0, 0.1) is 5.82 Å². The fourth-order valence-electron chi connectivity index (χ4n) is 2.56. The molecule has 2 N–H and O–H groups in total. The number of aliphatic hydroxyl groups is 1. The van der Waals surface area contributed by atoms with Crippen LogP contribution in [0.5, 0.6) is 0 Å². The number of β-amino-alcohol motifs (C(OH)–C–C–N with tert-alkyl or cyclic N) is 1. The van der Waals surface area contributed by atoms with Gasteiger partial charge in [0.15, 0.2) is 0 Å². The Hall–Kier alpha value is -1.51. The molecule has 8 heteroatoms. The molecular formula is C14H19FN2O4S. The maximum atomic E-state index is 12.9. The summed E-state index contributed by atoms with van der Waals surface area (Å²) in [6.07, 6.45) is 0.655. The first-order valence-electron chi connectivity index (χ1n) is 6.95. The minimum atomic E-state index is -3.82. The number of hydrogen-bond donors (Lipinski definition) is 2. The van der Waals surface area contributed by atoms with Gasteiger partial charge in [-0.2, -0.15) is 4.31 Å². The molecule has 22 heavy (non-hydrogen) atoms. The summed E-state index contributed by atoms with van der Waals surface area (Å²) in [5.41, 5.74) is -1.38. The predicted octanol–water partition coefficient (Wildman–Crippen LogP) is 0.477. The van der Waals surface area contributed by atoms with Gasteiger partial charge in [0, 0.05) is 20.1 Å². The molecule has 0 aliphatic carbocycles. The molecule has 1 fully saturated rings. The zero-order chi connectivity index (χ0) is 16.4. The predicted molar refractivity (Wildman–Crippen MR) is 78.0 cm³/mol. The summed E-state index contributed by atoms with van der Waals surface area (Å²) < 4.78 is 39.1. The van der Waals surface area contributed by atoms with E-state index >= 15 is 0 Å². The van der Waals surface area contributed by atoms with E-state index in [1.807, 2.05) is 0 Å². The number of nitrogens with zero attached hydrogens (tertiary/aromatic N) is 1. The van der Waals surface area contributed by atoms with E-state index in [0.717, 1.165) is 16.4 Å². The summed E-state index contributed by atoms with van der Waals surface area (Å²) in [6.45, 7) is 0.107. The molecular weight excluding hydrogens is 311 g/mol. The van der Waals surface area contributed by atoms with E-state index in [1.54, 1.807) is 0 Å². The topological polar surface area (TPSA) is 86.7 Å². The van der Waals surface area contributed by atoms with Gasteiger partial charge in [-0.3, -0.25) is 4.79 Å². The van der Waals surface area contributed by atoms with Gasteiger partial charge in [0.25, 0.3) is 0 Å². The van der Waals surface area contributed by atoms with Gasteiger partial charge in [-0.15, -0.1) is 0 Å². The second-order valence-electron chi connectivity index (χ2n) is 5.47. The number of rotatable bonds is 4. The normalized spacial score (nSPS) is 23.2. The number of amides is 1. The van der Waals surface area contributed by atoms with E-state index in [2.05, 4.69) is 5.32 Å². The second-order valence-corrected chi connectivity index (χ2v) is 7.41. The van der Waals surface area contributed by atoms with Gasteiger partial charge < -0.3 is 10.4 Å². The zero-order valence-electron chi connectivity index (χ0n) is 12.3. The van der Waals surface area contributed by atoms with Crippen molar-refractivity contribution in [3.63, 3.8) is 0 Å². The maximum Gasteiger partial charge on any atom is 0.243 e. The summed E-state index contributed by atoms with van der Waals surface area (Å²) in [6, 6.07) is 4.54. The van der Waals surface area contributed by atoms with E-state index < -0.39 is 21.4 Å². The summed E-state index contributed by atoms with van der Waals surface area (Å²) >= 11 is 0. The van der Waals surface area contributed by atoms with E-state index in [0.29, 0.717) is 12.8 Å². The molecule has 0 saturated carbocycles. The molecule has 2 rings (SSSR count). The first kappa shape index (κ1) is 16.9. The molecule has 1 heterocycles. The molecule has 6 nitrogen and oxygen atoms in total. The van der Waals surface area contributed by atoms with Crippen LogP contribution in [0.3, 0.4) is 0 Å². The van der Waals surface area contributed by atoms with Crippen LogP contribution in [0.1, 0.15) is 19.3 Å². The zero-order valence-corrected chi connectivity index (χ0v) is 13.1. The third-order valence-electron chi connectivity index (χ3n) is 3.74. The third-order valence-corrected chi connectivity index (χ3v) is 5.60. The Bertz CT molecular complexity index is 647. The van der Waals surface area contributed by atoms with Crippen molar-refractivity contribution < 1.29 is 22.7 Å². The number of sulfonamides is 1. The number of benzene rings is 1. The van der Waals surface area contributed by atoms with Gasteiger partial charge in [0.05, 0.1) is 16.9 Å². The number of carbonyl (C=O) groups excluding carboxylic acids is 1. The van der Waals surface area contributed by atoms with Crippen molar-refractivity contribution >= 4 is 15.9 Å². The van der Waals surface area contributed by atoms with Crippen LogP contribution in [0.15, 0.2) is 29.2 Å². The van der Waals surface area contributed by atoms with Crippen molar-refractivity contribution in [3.8, 4) is 0 Å². The van der Waals surface area contributed by atoms with Crippen LogP contribution in [0.4, 0.5) is 4.39 Å². The van der Waals surface area contributed by atoms with Gasteiger partial charge in [0.1, 0.15) is 5.82 Å². The molecule has 122 valence electrons. The number of halogens is 1. The van der Waals surface area contributed by atoms with Gasteiger partial charge in [-0.1, -0.05) is 0 Å². The number of piperidine rings is 1. The highest BCUT2D eigenvalue weighted by molar-refractivity contribution is 7.89. The highest BCUT2D eigenvalue weighted by Gasteiger charge is 2.39. The molecule has 0 bridgehead atoms. The molecule has 1 atom stereocenters. The Morgan fingerprint density at radius 1 is 1.41 bits per heavy atom. The Morgan fingerprint density at radius 3 is 2.64 bits per heavy atom.